The van der Waals surface area contributed by atoms with Gasteiger partial charge >= 0.3 is 12.1 Å². The molecule has 1 aliphatic carbocycles. The molecule has 7 nitrogen and oxygen atoms in total. The van der Waals surface area contributed by atoms with Crippen LogP contribution in [-0.2, 0) is 14.3 Å². The molecular weight excluding hydrogens is 420 g/mol. The summed E-state index contributed by atoms with van der Waals surface area (Å²) in [7, 11) is 0. The smallest absolute Gasteiger partial charge is 0.407 e. The van der Waals surface area contributed by atoms with Gasteiger partial charge in [-0.05, 0) is 48.9 Å². The SMILES string of the molecule is CC(CC(=O)N1CCC[C@@H](C(=O)O)[C@H]1C)NC(=O)OCC1c2ccccc2-c2ccccc21. The van der Waals surface area contributed by atoms with Crippen molar-refractivity contribution in [2.75, 3.05) is 13.2 Å². The Morgan fingerprint density at radius 2 is 1.70 bits per heavy atom. The number of piperidine rings is 1. The van der Waals surface area contributed by atoms with Crippen molar-refractivity contribution in [3.8, 4) is 11.1 Å². The first-order chi connectivity index (χ1) is 15.9. The third kappa shape index (κ3) is 4.72. The second kappa shape index (κ2) is 9.65. The summed E-state index contributed by atoms with van der Waals surface area (Å²) in [5.74, 6) is -1.60. The molecule has 0 radical (unpaired) electrons. The number of rotatable bonds is 6. The summed E-state index contributed by atoms with van der Waals surface area (Å²) in [5, 5.41) is 12.1. The molecule has 1 aliphatic heterocycles. The molecule has 3 atom stereocenters. The highest BCUT2D eigenvalue weighted by Gasteiger charge is 2.35. The minimum atomic E-state index is -0.871. The second-order valence-corrected chi connectivity index (χ2v) is 8.99. The van der Waals surface area contributed by atoms with E-state index in [4.69, 9.17) is 4.74 Å². The maximum absolute atomic E-state index is 12.8. The van der Waals surface area contributed by atoms with Crippen LogP contribution in [-0.4, -0.2) is 53.2 Å². The van der Waals surface area contributed by atoms with E-state index in [0.29, 0.717) is 19.4 Å². The predicted octanol–water partition coefficient (Wildman–Crippen LogP) is 4.02. The van der Waals surface area contributed by atoms with Gasteiger partial charge in [0.25, 0.3) is 0 Å². The van der Waals surface area contributed by atoms with E-state index in [0.717, 1.165) is 22.3 Å². The highest BCUT2D eigenvalue weighted by molar-refractivity contribution is 5.80. The molecule has 1 unspecified atom stereocenters. The van der Waals surface area contributed by atoms with E-state index in [1.54, 1.807) is 18.7 Å². The number of likely N-dealkylation sites (tertiary alicyclic amines) is 1. The van der Waals surface area contributed by atoms with Crippen LogP contribution in [0.2, 0.25) is 0 Å². The summed E-state index contributed by atoms with van der Waals surface area (Å²) in [5.41, 5.74) is 4.61. The van der Waals surface area contributed by atoms with Crippen molar-refractivity contribution in [1.29, 1.82) is 0 Å². The van der Waals surface area contributed by atoms with Gasteiger partial charge in [0.2, 0.25) is 5.91 Å². The molecule has 2 aromatic carbocycles. The monoisotopic (exact) mass is 450 g/mol. The summed E-state index contributed by atoms with van der Waals surface area (Å²) in [4.78, 5) is 38.3. The summed E-state index contributed by atoms with van der Waals surface area (Å²) in [6.45, 7) is 4.29. The predicted molar refractivity (Wildman–Crippen MR) is 124 cm³/mol. The number of carboxylic acids is 1. The molecule has 33 heavy (non-hydrogen) atoms. The van der Waals surface area contributed by atoms with Gasteiger partial charge in [0.05, 0.1) is 5.92 Å². The van der Waals surface area contributed by atoms with Crippen LogP contribution in [0.5, 0.6) is 0 Å². The molecule has 174 valence electrons. The van der Waals surface area contributed by atoms with E-state index < -0.39 is 24.0 Å². The van der Waals surface area contributed by atoms with Crippen molar-refractivity contribution in [3.63, 3.8) is 0 Å². The van der Waals surface area contributed by atoms with Gasteiger partial charge in [-0.25, -0.2) is 4.79 Å². The average molecular weight is 451 g/mol. The summed E-state index contributed by atoms with van der Waals surface area (Å²) in [6, 6.07) is 15.5. The van der Waals surface area contributed by atoms with Crippen molar-refractivity contribution in [1.82, 2.24) is 10.2 Å². The number of carboxylic acid groups (broad SMARTS) is 1. The van der Waals surface area contributed by atoms with Gasteiger partial charge < -0.3 is 20.1 Å². The van der Waals surface area contributed by atoms with Crippen LogP contribution in [0, 0.1) is 5.92 Å². The number of nitrogens with zero attached hydrogens (tertiary/aromatic N) is 1. The van der Waals surface area contributed by atoms with E-state index >= 15 is 0 Å². The largest absolute Gasteiger partial charge is 0.481 e. The van der Waals surface area contributed by atoms with Crippen LogP contribution in [0.1, 0.15) is 50.2 Å². The Balaban J connectivity index is 1.31. The number of aliphatic carboxylic acids is 1. The molecular formula is C26H30N2O5. The first-order valence-electron chi connectivity index (χ1n) is 11.5. The lowest BCUT2D eigenvalue weighted by Crippen LogP contribution is -2.50. The number of hydrogen-bond acceptors (Lipinski definition) is 4. The van der Waals surface area contributed by atoms with E-state index in [9.17, 15) is 19.5 Å². The van der Waals surface area contributed by atoms with E-state index in [1.165, 1.54) is 0 Å². The normalized spacial score (nSPS) is 20.5. The van der Waals surface area contributed by atoms with Crippen LogP contribution in [0.25, 0.3) is 11.1 Å². The number of amides is 2. The maximum atomic E-state index is 12.8. The standard InChI is InChI=1S/C26H30N2O5/c1-16(14-24(29)28-13-7-12-18(17(28)2)25(30)31)27-26(32)33-15-23-21-10-5-3-8-19(21)20-9-4-6-11-22(20)23/h3-6,8-11,16-18,23H,7,12-15H2,1-2H3,(H,27,32)(H,30,31)/t16?,17-,18-/m1/s1. The van der Waals surface area contributed by atoms with Crippen molar-refractivity contribution in [2.24, 2.45) is 5.92 Å². The lowest BCUT2D eigenvalue weighted by molar-refractivity contribution is -0.149. The molecule has 0 saturated carbocycles. The fraction of sp³-hybridized carbons (Fsp3) is 0.423. The van der Waals surface area contributed by atoms with Gasteiger partial charge in [0, 0.05) is 31.0 Å². The molecule has 2 aromatic rings. The molecule has 2 N–H and O–H groups in total. The molecule has 7 heteroatoms. The van der Waals surface area contributed by atoms with Gasteiger partial charge in [-0.3, -0.25) is 9.59 Å². The molecule has 1 heterocycles. The molecule has 1 fully saturated rings. The van der Waals surface area contributed by atoms with E-state index in [2.05, 4.69) is 29.6 Å². The minimum Gasteiger partial charge on any atom is -0.481 e. The number of carbonyl (C=O) groups excluding carboxylic acids is 2. The van der Waals surface area contributed by atoms with Crippen molar-refractivity contribution in [3.05, 3.63) is 59.7 Å². The van der Waals surface area contributed by atoms with Crippen LogP contribution in [0.4, 0.5) is 4.79 Å². The Labute approximate surface area is 193 Å². The molecule has 2 aliphatic rings. The quantitative estimate of drug-likeness (QED) is 0.693. The molecule has 1 saturated heterocycles. The average Bonchev–Trinajstić information content (AvgIpc) is 3.11. The fourth-order valence-electron chi connectivity index (χ4n) is 5.10. The van der Waals surface area contributed by atoms with E-state index in [1.807, 2.05) is 24.3 Å². The second-order valence-electron chi connectivity index (χ2n) is 8.99. The Bertz CT molecular complexity index is 1010. The van der Waals surface area contributed by atoms with E-state index in [-0.39, 0.29) is 30.9 Å². The van der Waals surface area contributed by atoms with Gasteiger partial charge in [-0.1, -0.05) is 48.5 Å². The van der Waals surface area contributed by atoms with Crippen molar-refractivity contribution in [2.45, 2.75) is 51.1 Å². The molecule has 4 rings (SSSR count). The highest BCUT2D eigenvalue weighted by Crippen LogP contribution is 2.44. The van der Waals surface area contributed by atoms with Gasteiger partial charge in [0.1, 0.15) is 6.61 Å². The zero-order valence-corrected chi connectivity index (χ0v) is 19.0. The Morgan fingerprint density at radius 3 is 2.30 bits per heavy atom. The maximum Gasteiger partial charge on any atom is 0.407 e. The summed E-state index contributed by atoms with van der Waals surface area (Å²) in [6.07, 6.45) is 0.780. The molecule has 0 spiro atoms. The van der Waals surface area contributed by atoms with Crippen LogP contribution in [0.3, 0.4) is 0 Å². The Morgan fingerprint density at radius 1 is 1.09 bits per heavy atom. The van der Waals surface area contributed by atoms with Crippen LogP contribution in [0.15, 0.2) is 48.5 Å². The number of ether oxygens (including phenoxy) is 1. The Kier molecular flexibility index (Phi) is 6.67. The number of nitrogens with one attached hydrogen (secondary N) is 1. The highest BCUT2D eigenvalue weighted by atomic mass is 16.5. The zero-order chi connectivity index (χ0) is 23.5. The third-order valence-electron chi connectivity index (χ3n) is 6.81. The van der Waals surface area contributed by atoms with Crippen LogP contribution < -0.4 is 5.32 Å². The van der Waals surface area contributed by atoms with Crippen LogP contribution >= 0.6 is 0 Å². The van der Waals surface area contributed by atoms with Crippen molar-refractivity contribution >= 4 is 18.0 Å². The number of benzene rings is 2. The summed E-state index contributed by atoms with van der Waals surface area (Å²) < 4.78 is 5.55. The van der Waals surface area contributed by atoms with Crippen molar-refractivity contribution < 1.29 is 24.2 Å². The summed E-state index contributed by atoms with van der Waals surface area (Å²) >= 11 is 0. The van der Waals surface area contributed by atoms with Gasteiger partial charge in [-0.2, -0.15) is 0 Å². The number of alkyl carbamates (subject to hydrolysis) is 1. The fourth-order valence-corrected chi connectivity index (χ4v) is 5.10. The number of fused-ring (bicyclic) bond motifs is 3. The zero-order valence-electron chi connectivity index (χ0n) is 19.0. The number of hydrogen-bond donors (Lipinski definition) is 2. The Hall–Kier alpha value is -3.35. The third-order valence-corrected chi connectivity index (χ3v) is 6.81. The lowest BCUT2D eigenvalue weighted by atomic mass is 9.90. The first kappa shape index (κ1) is 22.8. The number of carbonyl (C=O) groups is 3. The molecule has 2 amide bonds. The molecule has 0 bridgehead atoms. The molecule has 0 aromatic heterocycles. The van der Waals surface area contributed by atoms with Gasteiger partial charge in [-0.15, -0.1) is 0 Å². The first-order valence-corrected chi connectivity index (χ1v) is 11.5. The topological polar surface area (TPSA) is 95.9 Å². The lowest BCUT2D eigenvalue weighted by Gasteiger charge is -2.38. The van der Waals surface area contributed by atoms with Gasteiger partial charge in [0.15, 0.2) is 0 Å². The minimum absolute atomic E-state index is 0.0257.